The summed E-state index contributed by atoms with van der Waals surface area (Å²) in [6.45, 7) is 0. The molecule has 0 radical (unpaired) electrons. The van der Waals surface area contributed by atoms with Crippen molar-refractivity contribution >= 4 is 53.4 Å². The SMILES string of the molecule is c1ccc(-c2ccc3c(n2)c2ccc4sc5ccccc5c4c2n3-c2ccccn2)cc1. The molecule has 0 saturated carbocycles. The van der Waals surface area contributed by atoms with Gasteiger partial charge in [-0.1, -0.05) is 54.6 Å². The van der Waals surface area contributed by atoms with Gasteiger partial charge in [0.15, 0.2) is 0 Å². The van der Waals surface area contributed by atoms with Gasteiger partial charge in [-0.25, -0.2) is 9.97 Å². The molecule has 0 saturated heterocycles. The lowest BCUT2D eigenvalue weighted by atomic mass is 10.1. The first-order chi connectivity index (χ1) is 15.9. The van der Waals surface area contributed by atoms with E-state index in [9.17, 15) is 0 Å². The van der Waals surface area contributed by atoms with Gasteiger partial charge in [0.25, 0.3) is 0 Å². The predicted octanol–water partition coefficient (Wildman–Crippen LogP) is 7.61. The Morgan fingerprint density at radius 1 is 0.656 bits per heavy atom. The van der Waals surface area contributed by atoms with Gasteiger partial charge in [-0.3, -0.25) is 4.57 Å². The van der Waals surface area contributed by atoms with E-state index in [1.54, 1.807) is 0 Å². The van der Waals surface area contributed by atoms with E-state index in [1.807, 2.05) is 35.7 Å². The summed E-state index contributed by atoms with van der Waals surface area (Å²) in [7, 11) is 0. The average molecular weight is 428 g/mol. The maximum absolute atomic E-state index is 5.15. The van der Waals surface area contributed by atoms with Crippen LogP contribution in [0.25, 0.3) is 59.2 Å². The van der Waals surface area contributed by atoms with Crippen LogP contribution < -0.4 is 0 Å². The predicted molar refractivity (Wildman–Crippen MR) is 135 cm³/mol. The Labute approximate surface area is 188 Å². The Morgan fingerprint density at radius 3 is 2.38 bits per heavy atom. The second-order valence-electron chi connectivity index (χ2n) is 7.89. The van der Waals surface area contributed by atoms with E-state index in [-0.39, 0.29) is 0 Å². The number of aromatic nitrogens is 3. The molecule has 0 N–H and O–H groups in total. The first kappa shape index (κ1) is 17.6. The third kappa shape index (κ3) is 2.47. The van der Waals surface area contributed by atoms with Crippen LogP contribution in [0.15, 0.2) is 103 Å². The van der Waals surface area contributed by atoms with Crippen LogP contribution in [-0.2, 0) is 0 Å². The molecule has 0 bridgehead atoms. The summed E-state index contributed by atoms with van der Waals surface area (Å²) in [5.41, 5.74) is 5.35. The standard InChI is InChI=1S/C28H17N3S/c1-2-8-18(9-3-1)21-14-15-22-27(30-21)20-13-16-24-26(19-10-4-5-11-23(19)32-24)28(20)31(22)25-12-6-7-17-29-25/h1-17H. The van der Waals surface area contributed by atoms with Crippen molar-refractivity contribution in [3.05, 3.63) is 103 Å². The summed E-state index contributed by atoms with van der Waals surface area (Å²) in [5, 5.41) is 3.70. The molecular weight excluding hydrogens is 410 g/mol. The minimum atomic E-state index is 0.907. The van der Waals surface area contributed by atoms with Crippen molar-refractivity contribution in [1.82, 2.24) is 14.5 Å². The summed E-state index contributed by atoms with van der Waals surface area (Å²) in [5.74, 6) is 0.907. The van der Waals surface area contributed by atoms with Crippen molar-refractivity contribution in [1.29, 1.82) is 0 Å². The largest absolute Gasteiger partial charge is 0.291 e. The molecule has 0 unspecified atom stereocenters. The van der Waals surface area contributed by atoms with Gasteiger partial charge in [0.05, 0.1) is 22.2 Å². The third-order valence-electron chi connectivity index (χ3n) is 6.06. The molecule has 0 aliphatic rings. The van der Waals surface area contributed by atoms with Gasteiger partial charge < -0.3 is 0 Å². The lowest BCUT2D eigenvalue weighted by Crippen LogP contribution is -1.97. The molecule has 150 valence electrons. The van der Waals surface area contributed by atoms with E-state index in [0.29, 0.717) is 0 Å². The van der Waals surface area contributed by atoms with Gasteiger partial charge in [-0.05, 0) is 42.5 Å². The van der Waals surface area contributed by atoms with E-state index in [0.717, 1.165) is 33.5 Å². The van der Waals surface area contributed by atoms with Crippen molar-refractivity contribution < 1.29 is 0 Å². The Morgan fingerprint density at radius 2 is 1.50 bits per heavy atom. The van der Waals surface area contributed by atoms with Gasteiger partial charge in [-0.15, -0.1) is 11.3 Å². The highest BCUT2D eigenvalue weighted by Gasteiger charge is 2.19. The maximum atomic E-state index is 5.15. The van der Waals surface area contributed by atoms with Crippen LogP contribution in [0.5, 0.6) is 0 Å². The normalized spacial score (nSPS) is 11.8. The van der Waals surface area contributed by atoms with Crippen LogP contribution in [0.4, 0.5) is 0 Å². The molecule has 7 aromatic rings. The lowest BCUT2D eigenvalue weighted by Gasteiger charge is -2.07. The Balaban J connectivity index is 1.69. The minimum Gasteiger partial charge on any atom is -0.291 e. The fourth-order valence-electron chi connectivity index (χ4n) is 4.67. The second kappa shape index (κ2) is 6.74. The molecule has 3 aromatic carbocycles. The highest BCUT2D eigenvalue weighted by Crippen LogP contribution is 2.42. The quantitative estimate of drug-likeness (QED) is 0.284. The molecule has 0 aliphatic carbocycles. The van der Waals surface area contributed by atoms with Gasteiger partial charge in [0.2, 0.25) is 0 Å². The molecule has 4 heteroatoms. The van der Waals surface area contributed by atoms with Crippen LogP contribution in [-0.4, -0.2) is 14.5 Å². The van der Waals surface area contributed by atoms with Crippen LogP contribution in [0.2, 0.25) is 0 Å². The minimum absolute atomic E-state index is 0.907. The topological polar surface area (TPSA) is 30.7 Å². The number of rotatable bonds is 2. The number of hydrogen-bond acceptors (Lipinski definition) is 3. The number of thiophene rings is 1. The monoisotopic (exact) mass is 427 g/mol. The van der Waals surface area contributed by atoms with Gasteiger partial charge in [-0.2, -0.15) is 0 Å². The Kier molecular flexibility index (Phi) is 3.72. The fraction of sp³-hybridized carbons (Fsp3) is 0. The molecule has 4 aromatic heterocycles. The Bertz CT molecular complexity index is 1760. The summed E-state index contributed by atoms with van der Waals surface area (Å²) >= 11 is 1.84. The fourth-order valence-corrected chi connectivity index (χ4v) is 5.77. The highest BCUT2D eigenvalue weighted by atomic mass is 32.1. The molecule has 0 atom stereocenters. The zero-order valence-electron chi connectivity index (χ0n) is 17.1. The van der Waals surface area contributed by atoms with E-state index in [4.69, 9.17) is 9.97 Å². The molecule has 32 heavy (non-hydrogen) atoms. The first-order valence-corrected chi connectivity index (χ1v) is 11.4. The molecule has 0 fully saturated rings. The molecule has 4 heterocycles. The molecular formula is C28H17N3S. The van der Waals surface area contributed by atoms with E-state index in [1.165, 1.54) is 25.7 Å². The van der Waals surface area contributed by atoms with Crippen molar-refractivity contribution in [3.63, 3.8) is 0 Å². The summed E-state index contributed by atoms with van der Waals surface area (Å²) < 4.78 is 4.85. The zero-order valence-corrected chi connectivity index (χ0v) is 17.9. The van der Waals surface area contributed by atoms with Crippen LogP contribution in [0.3, 0.4) is 0 Å². The Hall–Kier alpha value is -4.02. The molecule has 0 amide bonds. The van der Waals surface area contributed by atoms with Crippen LogP contribution >= 0.6 is 11.3 Å². The molecule has 7 rings (SSSR count). The molecule has 0 spiro atoms. The summed E-state index contributed by atoms with van der Waals surface area (Å²) in [6, 6.07) is 33.8. The number of hydrogen-bond donors (Lipinski definition) is 0. The van der Waals surface area contributed by atoms with Crippen molar-refractivity contribution in [3.8, 4) is 17.1 Å². The van der Waals surface area contributed by atoms with E-state index < -0.39 is 0 Å². The van der Waals surface area contributed by atoms with Crippen LogP contribution in [0.1, 0.15) is 0 Å². The second-order valence-corrected chi connectivity index (χ2v) is 8.97. The summed E-state index contributed by atoms with van der Waals surface area (Å²) in [4.78, 5) is 9.86. The van der Waals surface area contributed by atoms with Gasteiger partial charge in [0, 0.05) is 37.3 Å². The number of fused-ring (bicyclic) bond motifs is 7. The van der Waals surface area contributed by atoms with Crippen LogP contribution in [0, 0.1) is 0 Å². The summed E-state index contributed by atoms with van der Waals surface area (Å²) in [6.07, 6.45) is 1.85. The first-order valence-electron chi connectivity index (χ1n) is 10.6. The number of pyridine rings is 2. The van der Waals surface area contributed by atoms with Crippen molar-refractivity contribution in [2.24, 2.45) is 0 Å². The third-order valence-corrected chi connectivity index (χ3v) is 7.19. The lowest BCUT2D eigenvalue weighted by molar-refractivity contribution is 1.08. The molecule has 3 nitrogen and oxygen atoms in total. The van der Waals surface area contributed by atoms with E-state index >= 15 is 0 Å². The van der Waals surface area contributed by atoms with E-state index in [2.05, 4.69) is 83.4 Å². The van der Waals surface area contributed by atoms with Crippen molar-refractivity contribution in [2.75, 3.05) is 0 Å². The maximum Gasteiger partial charge on any atom is 0.137 e. The smallest absolute Gasteiger partial charge is 0.137 e. The molecule has 0 aliphatic heterocycles. The number of benzene rings is 3. The van der Waals surface area contributed by atoms with Crippen molar-refractivity contribution in [2.45, 2.75) is 0 Å². The highest BCUT2D eigenvalue weighted by molar-refractivity contribution is 7.26. The zero-order chi connectivity index (χ0) is 21.1. The number of nitrogens with zero attached hydrogens (tertiary/aromatic N) is 3. The average Bonchev–Trinajstić information content (AvgIpc) is 3.40. The van der Waals surface area contributed by atoms with Gasteiger partial charge >= 0.3 is 0 Å². The van der Waals surface area contributed by atoms with Gasteiger partial charge in [0.1, 0.15) is 5.82 Å².